The van der Waals surface area contributed by atoms with Crippen molar-refractivity contribution in [3.63, 3.8) is 0 Å². The number of rotatable bonds is 6. The molecule has 1 heterocycles. The molecule has 3 heteroatoms. The second-order valence-corrected chi connectivity index (χ2v) is 8.67. The number of ether oxygens (including phenoxy) is 2. The van der Waals surface area contributed by atoms with Gasteiger partial charge in [0, 0.05) is 11.5 Å². The van der Waals surface area contributed by atoms with Crippen molar-refractivity contribution >= 4 is 5.69 Å². The summed E-state index contributed by atoms with van der Waals surface area (Å²) in [4.78, 5) is 0. The molecule has 2 aliphatic rings. The Labute approximate surface area is 184 Å². The molecule has 3 unspecified atom stereocenters. The Kier molecular flexibility index (Phi) is 5.42. The van der Waals surface area contributed by atoms with E-state index in [0.717, 1.165) is 23.6 Å². The van der Waals surface area contributed by atoms with Crippen LogP contribution in [-0.2, 0) is 6.61 Å². The van der Waals surface area contributed by atoms with Crippen LogP contribution in [0.1, 0.15) is 48.9 Å². The van der Waals surface area contributed by atoms with Crippen LogP contribution in [0.2, 0.25) is 0 Å². The number of para-hydroxylation sites is 2. The summed E-state index contributed by atoms with van der Waals surface area (Å²) in [6.45, 7) is 4.71. The summed E-state index contributed by atoms with van der Waals surface area (Å²) in [6, 6.07) is 25.4. The smallest absolute Gasteiger partial charge is 0.143 e. The predicted octanol–water partition coefficient (Wildman–Crippen LogP) is 6.88. The minimum Gasteiger partial charge on any atom is -0.489 e. The van der Waals surface area contributed by atoms with Crippen LogP contribution in [0.15, 0.2) is 84.9 Å². The summed E-state index contributed by atoms with van der Waals surface area (Å²) in [5.41, 5.74) is 4.83. The van der Waals surface area contributed by atoms with E-state index in [-0.39, 0.29) is 12.1 Å². The van der Waals surface area contributed by atoms with Crippen LogP contribution < -0.4 is 14.8 Å². The molecular formula is C28H29NO2. The van der Waals surface area contributed by atoms with E-state index >= 15 is 0 Å². The van der Waals surface area contributed by atoms with E-state index in [1.54, 1.807) is 0 Å². The first kappa shape index (κ1) is 19.7. The maximum absolute atomic E-state index is 6.32. The van der Waals surface area contributed by atoms with Gasteiger partial charge in [0.25, 0.3) is 0 Å². The van der Waals surface area contributed by atoms with Gasteiger partial charge >= 0.3 is 0 Å². The zero-order valence-corrected chi connectivity index (χ0v) is 18.1. The highest BCUT2D eigenvalue weighted by atomic mass is 16.5. The Morgan fingerprint density at radius 3 is 2.45 bits per heavy atom. The third-order valence-electron chi connectivity index (χ3n) is 6.21. The van der Waals surface area contributed by atoms with Gasteiger partial charge in [-0.3, -0.25) is 0 Å². The van der Waals surface area contributed by atoms with Crippen LogP contribution in [0, 0.1) is 5.92 Å². The van der Waals surface area contributed by atoms with Crippen molar-refractivity contribution in [1.82, 2.24) is 0 Å². The molecule has 0 aromatic heterocycles. The van der Waals surface area contributed by atoms with E-state index in [2.05, 4.69) is 98.0 Å². The van der Waals surface area contributed by atoms with E-state index in [4.69, 9.17) is 9.47 Å². The lowest BCUT2D eigenvalue weighted by Gasteiger charge is -2.38. The second-order valence-electron chi connectivity index (χ2n) is 8.67. The molecular weight excluding hydrogens is 382 g/mol. The van der Waals surface area contributed by atoms with Crippen LogP contribution in [0.25, 0.3) is 0 Å². The average Bonchev–Trinajstić information content (AvgIpc) is 3.28. The molecule has 0 amide bonds. The van der Waals surface area contributed by atoms with Crippen molar-refractivity contribution in [2.75, 3.05) is 5.32 Å². The van der Waals surface area contributed by atoms with E-state index in [1.165, 1.54) is 16.7 Å². The van der Waals surface area contributed by atoms with Gasteiger partial charge in [-0.05, 0) is 49.4 Å². The van der Waals surface area contributed by atoms with Crippen molar-refractivity contribution in [3.05, 3.63) is 102 Å². The lowest BCUT2D eigenvalue weighted by atomic mass is 9.76. The highest BCUT2D eigenvalue weighted by Crippen LogP contribution is 2.53. The maximum Gasteiger partial charge on any atom is 0.143 e. The second kappa shape index (κ2) is 8.50. The molecule has 3 atom stereocenters. The highest BCUT2D eigenvalue weighted by molar-refractivity contribution is 5.68. The number of benzene rings is 3. The first-order valence-corrected chi connectivity index (χ1v) is 11.2. The Morgan fingerprint density at radius 2 is 1.61 bits per heavy atom. The fourth-order valence-electron chi connectivity index (χ4n) is 4.86. The normalized spacial score (nSPS) is 21.3. The van der Waals surface area contributed by atoms with Gasteiger partial charge in [0.1, 0.15) is 18.1 Å². The zero-order valence-electron chi connectivity index (χ0n) is 18.1. The van der Waals surface area contributed by atoms with Crippen molar-refractivity contribution in [3.8, 4) is 11.5 Å². The summed E-state index contributed by atoms with van der Waals surface area (Å²) >= 11 is 0. The zero-order chi connectivity index (χ0) is 21.2. The van der Waals surface area contributed by atoms with Crippen LogP contribution in [0.3, 0.4) is 0 Å². The minimum atomic E-state index is 0.130. The summed E-state index contributed by atoms with van der Waals surface area (Å²) in [5, 5.41) is 3.85. The van der Waals surface area contributed by atoms with Crippen LogP contribution in [0.5, 0.6) is 11.5 Å². The van der Waals surface area contributed by atoms with Gasteiger partial charge in [-0.1, -0.05) is 72.8 Å². The van der Waals surface area contributed by atoms with E-state index in [9.17, 15) is 0 Å². The molecule has 158 valence electrons. The fourth-order valence-corrected chi connectivity index (χ4v) is 4.86. The predicted molar refractivity (Wildman–Crippen MR) is 126 cm³/mol. The van der Waals surface area contributed by atoms with E-state index in [1.807, 2.05) is 6.07 Å². The van der Waals surface area contributed by atoms with Crippen LogP contribution in [-0.4, -0.2) is 6.10 Å². The molecule has 0 radical (unpaired) electrons. The highest BCUT2D eigenvalue weighted by Gasteiger charge is 2.40. The Bertz CT molecular complexity index is 1070. The van der Waals surface area contributed by atoms with Gasteiger partial charge in [0.05, 0.1) is 17.8 Å². The number of anilines is 1. The summed E-state index contributed by atoms with van der Waals surface area (Å²) in [5.74, 6) is 2.72. The van der Waals surface area contributed by atoms with Crippen molar-refractivity contribution < 1.29 is 9.47 Å². The molecule has 31 heavy (non-hydrogen) atoms. The van der Waals surface area contributed by atoms with Gasteiger partial charge in [0.2, 0.25) is 0 Å². The van der Waals surface area contributed by atoms with E-state index in [0.29, 0.717) is 18.4 Å². The maximum atomic E-state index is 6.32. The van der Waals surface area contributed by atoms with Gasteiger partial charge < -0.3 is 14.8 Å². The van der Waals surface area contributed by atoms with Crippen LogP contribution >= 0.6 is 0 Å². The third-order valence-corrected chi connectivity index (χ3v) is 6.21. The molecule has 0 bridgehead atoms. The van der Waals surface area contributed by atoms with Crippen molar-refractivity contribution in [2.45, 2.75) is 44.9 Å². The molecule has 0 spiro atoms. The molecule has 5 rings (SSSR count). The molecule has 1 N–H and O–H groups in total. The summed E-state index contributed by atoms with van der Waals surface area (Å²) in [6.07, 6.45) is 5.88. The number of fused-ring (bicyclic) bond motifs is 3. The van der Waals surface area contributed by atoms with Gasteiger partial charge in [-0.25, -0.2) is 0 Å². The lowest BCUT2D eigenvalue weighted by molar-refractivity contribution is 0.242. The lowest BCUT2D eigenvalue weighted by Crippen LogP contribution is -2.30. The topological polar surface area (TPSA) is 30.5 Å². The van der Waals surface area contributed by atoms with Gasteiger partial charge in [0.15, 0.2) is 0 Å². The number of allylic oxidation sites excluding steroid dienone is 2. The molecule has 0 fully saturated rings. The Morgan fingerprint density at radius 1 is 0.871 bits per heavy atom. The molecule has 0 saturated carbocycles. The first-order valence-electron chi connectivity index (χ1n) is 11.2. The molecule has 3 aromatic rings. The third kappa shape index (κ3) is 3.93. The molecule has 3 aromatic carbocycles. The standard InChI is InChI=1S/C28H29NO2/c1-19(2)31-26-17-9-15-23-21-13-8-14-22(21)27(29-28(23)26)24-12-6-7-16-25(24)30-18-20-10-4-3-5-11-20/h3-13,15-17,19,21-22,27,29H,14,18H2,1-2H3. The number of hydrogen-bond acceptors (Lipinski definition) is 3. The van der Waals surface area contributed by atoms with Crippen LogP contribution in [0.4, 0.5) is 5.69 Å². The molecule has 1 aliphatic carbocycles. The van der Waals surface area contributed by atoms with Crippen molar-refractivity contribution in [1.29, 1.82) is 0 Å². The first-order chi connectivity index (χ1) is 15.2. The Hall–Kier alpha value is -3.20. The largest absolute Gasteiger partial charge is 0.489 e. The average molecular weight is 412 g/mol. The van der Waals surface area contributed by atoms with Gasteiger partial charge in [-0.15, -0.1) is 0 Å². The summed E-state index contributed by atoms with van der Waals surface area (Å²) in [7, 11) is 0. The number of nitrogens with one attached hydrogen (secondary N) is 1. The quantitative estimate of drug-likeness (QED) is 0.449. The monoisotopic (exact) mass is 411 g/mol. The SMILES string of the molecule is CC(C)Oc1cccc2c1NC(c1ccccc1OCc1ccccc1)C1CC=CC21. The molecule has 1 aliphatic heterocycles. The molecule has 3 nitrogen and oxygen atoms in total. The fraction of sp³-hybridized carbons (Fsp3) is 0.286. The summed E-state index contributed by atoms with van der Waals surface area (Å²) < 4.78 is 12.5. The number of hydrogen-bond donors (Lipinski definition) is 1. The Balaban J connectivity index is 1.49. The molecule has 0 saturated heterocycles. The van der Waals surface area contributed by atoms with Gasteiger partial charge in [-0.2, -0.15) is 0 Å². The van der Waals surface area contributed by atoms with Crippen molar-refractivity contribution in [2.24, 2.45) is 5.92 Å². The van der Waals surface area contributed by atoms with E-state index < -0.39 is 0 Å². The minimum absolute atomic E-state index is 0.130.